The Hall–Kier alpha value is -1.55. The second-order valence-corrected chi connectivity index (χ2v) is 5.03. The second-order valence-electron chi connectivity index (χ2n) is 5.03. The number of hydrogen-bond donors (Lipinski definition) is 2. The molecule has 0 fully saturated rings. The van der Waals surface area contributed by atoms with Crippen LogP contribution in [0.3, 0.4) is 0 Å². The lowest BCUT2D eigenvalue weighted by Gasteiger charge is -2.25. The molecule has 0 saturated heterocycles. The van der Waals surface area contributed by atoms with E-state index in [4.69, 9.17) is 4.74 Å². The zero-order chi connectivity index (χ0) is 15.2. The molecule has 0 unspecified atom stereocenters. The number of ether oxygens (including phenoxy) is 1. The number of aliphatic hydroxyl groups is 1. The first-order valence-electron chi connectivity index (χ1n) is 7.19. The lowest BCUT2D eigenvalue weighted by Crippen LogP contribution is -2.42. The van der Waals surface area contributed by atoms with Crippen LogP contribution in [0.1, 0.15) is 49.5 Å². The van der Waals surface area contributed by atoms with Gasteiger partial charge >= 0.3 is 0 Å². The Morgan fingerprint density at radius 2 is 1.95 bits per heavy atom. The van der Waals surface area contributed by atoms with Crippen LogP contribution in [0, 0.1) is 6.92 Å². The number of aryl methyl sites for hydroxylation is 1. The SMILES string of the molecule is CCOc1cc(C(=O)NCC(O)(CC)CC)ccc1C. The maximum absolute atomic E-state index is 12.1. The Morgan fingerprint density at radius 1 is 1.30 bits per heavy atom. The summed E-state index contributed by atoms with van der Waals surface area (Å²) in [5, 5.41) is 13.0. The number of nitrogens with one attached hydrogen (secondary N) is 1. The van der Waals surface area contributed by atoms with E-state index in [9.17, 15) is 9.90 Å². The Balaban J connectivity index is 2.75. The van der Waals surface area contributed by atoms with Crippen LogP contribution in [-0.2, 0) is 0 Å². The Kier molecular flexibility index (Phi) is 6.02. The van der Waals surface area contributed by atoms with Crippen molar-refractivity contribution in [2.45, 2.75) is 46.1 Å². The fourth-order valence-electron chi connectivity index (χ4n) is 1.90. The van der Waals surface area contributed by atoms with Gasteiger partial charge in [0.1, 0.15) is 5.75 Å². The first kappa shape index (κ1) is 16.5. The zero-order valence-corrected chi connectivity index (χ0v) is 12.8. The van der Waals surface area contributed by atoms with Gasteiger partial charge in [-0.05, 0) is 44.4 Å². The van der Waals surface area contributed by atoms with Gasteiger partial charge < -0.3 is 15.2 Å². The maximum atomic E-state index is 12.1. The number of rotatable bonds is 7. The zero-order valence-electron chi connectivity index (χ0n) is 12.8. The Bertz CT molecular complexity index is 453. The van der Waals surface area contributed by atoms with E-state index in [1.54, 1.807) is 12.1 Å². The Labute approximate surface area is 121 Å². The summed E-state index contributed by atoms with van der Waals surface area (Å²) in [6, 6.07) is 5.38. The smallest absolute Gasteiger partial charge is 0.251 e. The molecule has 0 aliphatic heterocycles. The van der Waals surface area contributed by atoms with Crippen molar-refractivity contribution in [3.63, 3.8) is 0 Å². The second kappa shape index (κ2) is 7.29. The number of carbonyl (C=O) groups excluding carboxylic acids is 1. The van der Waals surface area contributed by atoms with Gasteiger partial charge in [0.2, 0.25) is 0 Å². The average molecular weight is 279 g/mol. The van der Waals surface area contributed by atoms with E-state index < -0.39 is 5.60 Å². The van der Waals surface area contributed by atoms with E-state index in [0.29, 0.717) is 25.0 Å². The van der Waals surface area contributed by atoms with Crippen molar-refractivity contribution >= 4 is 5.91 Å². The fraction of sp³-hybridized carbons (Fsp3) is 0.562. The number of amides is 1. The third-order valence-corrected chi connectivity index (χ3v) is 3.64. The molecule has 1 aromatic rings. The number of hydrogen-bond acceptors (Lipinski definition) is 3. The van der Waals surface area contributed by atoms with Gasteiger partial charge in [-0.25, -0.2) is 0 Å². The molecule has 0 radical (unpaired) electrons. The summed E-state index contributed by atoms with van der Waals surface area (Å²) < 4.78 is 5.49. The molecule has 0 bridgehead atoms. The highest BCUT2D eigenvalue weighted by molar-refractivity contribution is 5.94. The monoisotopic (exact) mass is 279 g/mol. The normalized spacial score (nSPS) is 11.2. The third-order valence-electron chi connectivity index (χ3n) is 3.64. The van der Waals surface area contributed by atoms with Crippen LogP contribution in [0.25, 0.3) is 0 Å². The van der Waals surface area contributed by atoms with Crippen molar-refractivity contribution in [2.75, 3.05) is 13.2 Å². The van der Waals surface area contributed by atoms with E-state index in [2.05, 4.69) is 5.32 Å². The molecule has 0 spiro atoms. The molecule has 0 aliphatic carbocycles. The highest BCUT2D eigenvalue weighted by Gasteiger charge is 2.23. The van der Waals surface area contributed by atoms with Crippen molar-refractivity contribution in [2.24, 2.45) is 0 Å². The summed E-state index contributed by atoms with van der Waals surface area (Å²) in [6.45, 7) is 8.51. The highest BCUT2D eigenvalue weighted by atomic mass is 16.5. The van der Waals surface area contributed by atoms with Crippen molar-refractivity contribution in [1.29, 1.82) is 0 Å². The Morgan fingerprint density at radius 3 is 2.50 bits per heavy atom. The van der Waals surface area contributed by atoms with E-state index in [-0.39, 0.29) is 12.5 Å². The molecule has 4 heteroatoms. The quantitative estimate of drug-likeness (QED) is 0.806. The standard InChI is InChI=1S/C16H25NO3/c1-5-16(19,6-2)11-17-15(18)13-9-8-12(4)14(10-13)20-7-3/h8-10,19H,5-7,11H2,1-4H3,(H,17,18). The summed E-state index contributed by atoms with van der Waals surface area (Å²) in [5.74, 6) is 0.535. The predicted molar refractivity (Wildman–Crippen MR) is 80.2 cm³/mol. The molecule has 1 aromatic carbocycles. The van der Waals surface area contributed by atoms with E-state index in [0.717, 1.165) is 11.3 Å². The van der Waals surface area contributed by atoms with Crippen molar-refractivity contribution < 1.29 is 14.6 Å². The van der Waals surface area contributed by atoms with Gasteiger partial charge in [0.15, 0.2) is 0 Å². The molecular weight excluding hydrogens is 254 g/mol. The molecule has 0 aromatic heterocycles. The van der Waals surface area contributed by atoms with Crippen LogP contribution in [0.4, 0.5) is 0 Å². The van der Waals surface area contributed by atoms with Gasteiger partial charge in [0.25, 0.3) is 5.91 Å². The lowest BCUT2D eigenvalue weighted by molar-refractivity contribution is 0.0314. The first-order valence-corrected chi connectivity index (χ1v) is 7.19. The minimum absolute atomic E-state index is 0.189. The number of benzene rings is 1. The summed E-state index contributed by atoms with van der Waals surface area (Å²) in [5.41, 5.74) is 0.721. The number of carbonyl (C=O) groups is 1. The molecule has 0 heterocycles. The van der Waals surface area contributed by atoms with Crippen LogP contribution < -0.4 is 10.1 Å². The summed E-state index contributed by atoms with van der Waals surface area (Å²) in [6.07, 6.45) is 1.23. The first-order chi connectivity index (χ1) is 9.45. The molecule has 2 N–H and O–H groups in total. The highest BCUT2D eigenvalue weighted by Crippen LogP contribution is 2.20. The molecular formula is C16H25NO3. The summed E-state index contributed by atoms with van der Waals surface area (Å²) in [7, 11) is 0. The van der Waals surface area contributed by atoms with E-state index in [1.807, 2.05) is 33.8 Å². The van der Waals surface area contributed by atoms with Crippen LogP contribution in [0.2, 0.25) is 0 Å². The lowest BCUT2D eigenvalue weighted by atomic mass is 9.97. The van der Waals surface area contributed by atoms with Crippen molar-refractivity contribution in [3.05, 3.63) is 29.3 Å². The molecule has 0 atom stereocenters. The molecule has 4 nitrogen and oxygen atoms in total. The molecule has 0 aliphatic rings. The van der Waals surface area contributed by atoms with Gasteiger partial charge in [0.05, 0.1) is 12.2 Å². The minimum Gasteiger partial charge on any atom is -0.494 e. The molecule has 1 rings (SSSR count). The average Bonchev–Trinajstić information content (AvgIpc) is 2.47. The van der Waals surface area contributed by atoms with Crippen molar-refractivity contribution in [1.82, 2.24) is 5.32 Å². The van der Waals surface area contributed by atoms with Gasteiger partial charge in [0, 0.05) is 12.1 Å². The van der Waals surface area contributed by atoms with E-state index in [1.165, 1.54) is 0 Å². The van der Waals surface area contributed by atoms with Gasteiger partial charge in [-0.1, -0.05) is 19.9 Å². The van der Waals surface area contributed by atoms with Gasteiger partial charge in [-0.15, -0.1) is 0 Å². The molecule has 1 amide bonds. The summed E-state index contributed by atoms with van der Waals surface area (Å²) in [4.78, 5) is 12.1. The van der Waals surface area contributed by atoms with Gasteiger partial charge in [-0.3, -0.25) is 4.79 Å². The van der Waals surface area contributed by atoms with Crippen LogP contribution in [-0.4, -0.2) is 29.8 Å². The summed E-state index contributed by atoms with van der Waals surface area (Å²) >= 11 is 0. The fourth-order valence-corrected chi connectivity index (χ4v) is 1.90. The van der Waals surface area contributed by atoms with Crippen LogP contribution in [0.5, 0.6) is 5.75 Å². The molecule has 112 valence electrons. The topological polar surface area (TPSA) is 58.6 Å². The molecule has 0 saturated carbocycles. The minimum atomic E-state index is -0.830. The van der Waals surface area contributed by atoms with Crippen molar-refractivity contribution in [3.8, 4) is 5.75 Å². The molecule has 20 heavy (non-hydrogen) atoms. The maximum Gasteiger partial charge on any atom is 0.251 e. The predicted octanol–water partition coefficient (Wildman–Crippen LogP) is 2.67. The van der Waals surface area contributed by atoms with Crippen LogP contribution >= 0.6 is 0 Å². The third kappa shape index (κ3) is 4.23. The largest absolute Gasteiger partial charge is 0.494 e. The van der Waals surface area contributed by atoms with Crippen LogP contribution in [0.15, 0.2) is 18.2 Å². The van der Waals surface area contributed by atoms with Gasteiger partial charge in [-0.2, -0.15) is 0 Å². The van der Waals surface area contributed by atoms with E-state index >= 15 is 0 Å².